The van der Waals surface area contributed by atoms with Crippen molar-refractivity contribution in [3.05, 3.63) is 48.2 Å². The van der Waals surface area contributed by atoms with E-state index in [1.807, 2.05) is 44.2 Å². The summed E-state index contributed by atoms with van der Waals surface area (Å²) in [6.45, 7) is 4.26. The second-order valence-electron chi connectivity index (χ2n) is 6.25. The van der Waals surface area contributed by atoms with Gasteiger partial charge in [-0.3, -0.25) is 4.79 Å². The number of hydrogen-bond acceptors (Lipinski definition) is 5. The van der Waals surface area contributed by atoms with Crippen molar-refractivity contribution in [2.75, 3.05) is 6.61 Å². The van der Waals surface area contributed by atoms with Crippen LogP contribution in [-0.2, 0) is 25.6 Å². The van der Waals surface area contributed by atoms with Gasteiger partial charge in [0.05, 0.1) is 25.4 Å². The highest BCUT2D eigenvalue weighted by atomic mass is 16.6. The molecule has 1 aliphatic heterocycles. The van der Waals surface area contributed by atoms with Crippen LogP contribution >= 0.6 is 0 Å². The molecule has 1 heterocycles. The topological polar surface area (TPSA) is 65.0 Å². The summed E-state index contributed by atoms with van der Waals surface area (Å²) >= 11 is 0. The van der Waals surface area contributed by atoms with Crippen LogP contribution in [0.2, 0.25) is 0 Å². The fourth-order valence-corrected chi connectivity index (χ4v) is 2.83. The van der Waals surface area contributed by atoms with Gasteiger partial charge in [0.15, 0.2) is 0 Å². The molecule has 0 aliphatic carbocycles. The molecule has 2 rings (SSSR count). The number of hydrogen-bond donors (Lipinski definition) is 1. The zero-order valence-electron chi connectivity index (χ0n) is 15.0. The first kappa shape index (κ1) is 19.5. The lowest BCUT2D eigenvalue weighted by molar-refractivity contribution is -0.160. The van der Waals surface area contributed by atoms with E-state index < -0.39 is 6.10 Å². The zero-order valence-corrected chi connectivity index (χ0v) is 15.0. The van der Waals surface area contributed by atoms with Gasteiger partial charge in [-0.05, 0) is 24.5 Å². The first-order valence-corrected chi connectivity index (χ1v) is 8.96. The molecular formula is C20H28O5. The van der Waals surface area contributed by atoms with E-state index in [4.69, 9.17) is 14.2 Å². The van der Waals surface area contributed by atoms with Crippen LogP contribution in [0.15, 0.2) is 42.7 Å². The molecule has 1 aromatic carbocycles. The van der Waals surface area contributed by atoms with Crippen LogP contribution in [0.3, 0.4) is 0 Å². The van der Waals surface area contributed by atoms with Gasteiger partial charge < -0.3 is 19.3 Å². The predicted molar refractivity (Wildman–Crippen MR) is 94.7 cm³/mol. The lowest BCUT2D eigenvalue weighted by atomic mass is 10.0. The van der Waals surface area contributed by atoms with E-state index >= 15 is 0 Å². The summed E-state index contributed by atoms with van der Waals surface area (Å²) in [5, 5.41) is 9.43. The van der Waals surface area contributed by atoms with E-state index in [-0.39, 0.29) is 30.7 Å². The second-order valence-corrected chi connectivity index (χ2v) is 6.25. The summed E-state index contributed by atoms with van der Waals surface area (Å²) in [5.74, 6) is -0.323. The molecule has 0 radical (unpaired) electrons. The Morgan fingerprint density at radius 3 is 2.64 bits per heavy atom. The van der Waals surface area contributed by atoms with Crippen molar-refractivity contribution in [1.82, 2.24) is 0 Å². The number of carbonyl (C=O) groups is 1. The first-order valence-electron chi connectivity index (χ1n) is 8.96. The number of aliphatic hydroxyl groups is 1. The summed E-state index contributed by atoms with van der Waals surface area (Å²) in [6, 6.07) is 9.83. The highest BCUT2D eigenvalue weighted by Gasteiger charge is 2.31. The molecule has 3 unspecified atom stereocenters. The van der Waals surface area contributed by atoms with Crippen LogP contribution in [-0.4, -0.2) is 36.0 Å². The van der Waals surface area contributed by atoms with E-state index in [1.165, 1.54) is 6.26 Å². The van der Waals surface area contributed by atoms with Crippen molar-refractivity contribution >= 4 is 5.97 Å². The van der Waals surface area contributed by atoms with Gasteiger partial charge in [-0.25, -0.2) is 0 Å². The van der Waals surface area contributed by atoms with Gasteiger partial charge in [0.2, 0.25) is 0 Å². The standard InChI is InChI=1S/C20H28O5/c1-3-16(4-2)20(22)25-18-10-11-23-17(13-21)12-19(18)24-14-15-8-6-5-7-9-15/h5-11,16-19,21H,3-4,12-14H2,1-2H3. The summed E-state index contributed by atoms with van der Waals surface area (Å²) in [5.41, 5.74) is 1.04. The largest absolute Gasteiger partial charge is 0.496 e. The molecule has 0 saturated heterocycles. The van der Waals surface area contributed by atoms with Crippen LogP contribution in [0.5, 0.6) is 0 Å². The maximum Gasteiger partial charge on any atom is 0.309 e. The number of rotatable bonds is 8. The number of ether oxygens (including phenoxy) is 3. The monoisotopic (exact) mass is 348 g/mol. The van der Waals surface area contributed by atoms with Crippen molar-refractivity contribution in [2.45, 2.75) is 58.0 Å². The predicted octanol–water partition coefficient (Wildman–Crippen LogP) is 3.21. The smallest absolute Gasteiger partial charge is 0.309 e. The highest BCUT2D eigenvalue weighted by Crippen LogP contribution is 2.22. The Morgan fingerprint density at radius 2 is 2.00 bits per heavy atom. The van der Waals surface area contributed by atoms with E-state index in [1.54, 1.807) is 6.08 Å². The number of aliphatic hydroxyl groups excluding tert-OH is 1. The van der Waals surface area contributed by atoms with Gasteiger partial charge in [-0.15, -0.1) is 0 Å². The van der Waals surface area contributed by atoms with Crippen LogP contribution in [0.25, 0.3) is 0 Å². The SMILES string of the molecule is CCC(CC)C(=O)OC1C=COC(CO)CC1OCc1ccccc1. The molecule has 0 bridgehead atoms. The van der Waals surface area contributed by atoms with Crippen LogP contribution in [0.4, 0.5) is 0 Å². The third kappa shape index (κ3) is 5.87. The average molecular weight is 348 g/mol. The highest BCUT2D eigenvalue weighted by molar-refractivity contribution is 5.72. The van der Waals surface area contributed by atoms with E-state index in [2.05, 4.69) is 0 Å². The molecule has 5 nitrogen and oxygen atoms in total. The average Bonchev–Trinajstić information content (AvgIpc) is 2.84. The Kier molecular flexibility index (Phi) is 7.95. The fraction of sp³-hybridized carbons (Fsp3) is 0.550. The molecule has 0 amide bonds. The van der Waals surface area contributed by atoms with Crippen LogP contribution in [0.1, 0.15) is 38.7 Å². The molecule has 3 atom stereocenters. The Balaban J connectivity index is 2.05. The van der Waals surface area contributed by atoms with E-state index in [9.17, 15) is 9.90 Å². The molecule has 1 N–H and O–H groups in total. The van der Waals surface area contributed by atoms with Crippen molar-refractivity contribution in [1.29, 1.82) is 0 Å². The lowest BCUT2D eigenvalue weighted by Crippen LogP contribution is -2.36. The molecule has 0 aromatic heterocycles. The molecule has 25 heavy (non-hydrogen) atoms. The molecule has 5 heteroatoms. The maximum absolute atomic E-state index is 12.4. The third-order valence-corrected chi connectivity index (χ3v) is 4.48. The fourth-order valence-electron chi connectivity index (χ4n) is 2.83. The summed E-state index contributed by atoms with van der Waals surface area (Å²) in [4.78, 5) is 12.4. The normalized spacial score (nSPS) is 23.1. The molecule has 138 valence electrons. The van der Waals surface area contributed by atoms with Crippen LogP contribution < -0.4 is 0 Å². The van der Waals surface area contributed by atoms with Crippen molar-refractivity contribution in [3.8, 4) is 0 Å². The van der Waals surface area contributed by atoms with Gasteiger partial charge in [0.25, 0.3) is 0 Å². The number of esters is 1. The van der Waals surface area contributed by atoms with Gasteiger partial charge in [-0.2, -0.15) is 0 Å². The Bertz CT molecular complexity index is 538. The molecule has 0 spiro atoms. The molecule has 0 saturated carbocycles. The summed E-state index contributed by atoms with van der Waals surface area (Å²) in [7, 11) is 0. The minimum Gasteiger partial charge on any atom is -0.496 e. The van der Waals surface area contributed by atoms with Gasteiger partial charge in [0, 0.05) is 6.42 Å². The Morgan fingerprint density at radius 1 is 1.28 bits per heavy atom. The summed E-state index contributed by atoms with van der Waals surface area (Å²) < 4.78 is 17.2. The van der Waals surface area contributed by atoms with Crippen LogP contribution in [0, 0.1) is 5.92 Å². The molecule has 1 aromatic rings. The second kappa shape index (κ2) is 10.2. The lowest BCUT2D eigenvalue weighted by Gasteiger charge is -2.26. The van der Waals surface area contributed by atoms with Gasteiger partial charge in [0.1, 0.15) is 18.3 Å². The van der Waals surface area contributed by atoms with E-state index in [0.29, 0.717) is 13.0 Å². The Labute approximate surface area is 149 Å². The quantitative estimate of drug-likeness (QED) is 0.731. The van der Waals surface area contributed by atoms with Crippen molar-refractivity contribution in [2.24, 2.45) is 5.92 Å². The zero-order chi connectivity index (χ0) is 18.1. The molecule has 1 aliphatic rings. The maximum atomic E-state index is 12.4. The van der Waals surface area contributed by atoms with E-state index in [0.717, 1.165) is 18.4 Å². The third-order valence-electron chi connectivity index (χ3n) is 4.48. The van der Waals surface area contributed by atoms with Gasteiger partial charge >= 0.3 is 5.97 Å². The number of carbonyl (C=O) groups excluding carboxylic acids is 1. The molecular weight excluding hydrogens is 320 g/mol. The number of benzene rings is 1. The van der Waals surface area contributed by atoms with Crippen molar-refractivity contribution < 1.29 is 24.1 Å². The van der Waals surface area contributed by atoms with Crippen molar-refractivity contribution in [3.63, 3.8) is 0 Å². The summed E-state index contributed by atoms with van der Waals surface area (Å²) in [6.07, 6.45) is 3.89. The minimum atomic E-state index is -0.520. The Hall–Kier alpha value is -1.85. The molecule has 0 fully saturated rings. The first-order chi connectivity index (χ1) is 12.2. The minimum absolute atomic E-state index is 0.108. The van der Waals surface area contributed by atoms with Gasteiger partial charge in [-0.1, -0.05) is 44.2 Å².